The average molecular weight is 110 g/mol. The fourth-order valence-electron chi connectivity index (χ4n) is 0.732. The second-order valence-corrected chi connectivity index (χ2v) is 1.95. The predicted molar refractivity (Wildman–Crippen MR) is 34.0 cm³/mol. The Labute approximate surface area is 48.9 Å². The highest BCUT2D eigenvalue weighted by molar-refractivity contribution is 5.17. The Hall–Kier alpha value is -0.760. The van der Waals surface area contributed by atoms with E-state index in [2.05, 4.69) is 0 Å². The molecule has 0 aromatic rings. The lowest BCUT2D eigenvalue weighted by molar-refractivity contribution is 0.950. The van der Waals surface area contributed by atoms with Crippen molar-refractivity contribution in [1.82, 2.24) is 0 Å². The molecule has 2 heteroatoms. The topological polar surface area (TPSA) is 52.0 Å². The number of hydrogen-bond donors (Lipinski definition) is 2. The molecule has 0 bridgehead atoms. The first-order chi connectivity index (χ1) is 3.79. The van der Waals surface area contributed by atoms with E-state index < -0.39 is 0 Å². The Kier molecular flexibility index (Phi) is 1.35. The second-order valence-electron chi connectivity index (χ2n) is 1.95. The summed E-state index contributed by atoms with van der Waals surface area (Å²) < 4.78 is 0. The second kappa shape index (κ2) is 2.01. The number of nitrogens with two attached hydrogens (primary N) is 2. The molecule has 0 saturated carbocycles. The Balaban J connectivity index is 2.60. The molecule has 2 nitrogen and oxygen atoms in total. The van der Waals surface area contributed by atoms with Gasteiger partial charge in [0.15, 0.2) is 0 Å². The molecule has 1 atom stereocenters. The molecule has 1 rings (SSSR count). The maximum atomic E-state index is 5.48. The fraction of sp³-hybridized carbons (Fsp3) is 0.333. The summed E-state index contributed by atoms with van der Waals surface area (Å²) in [5.74, 6) is 0. The van der Waals surface area contributed by atoms with Crippen molar-refractivity contribution in [2.45, 2.75) is 12.5 Å². The largest absolute Gasteiger partial charge is 0.402 e. The van der Waals surface area contributed by atoms with Gasteiger partial charge < -0.3 is 11.5 Å². The SMILES string of the molecule is NC1=CC(N)C=CC1. The van der Waals surface area contributed by atoms with E-state index >= 15 is 0 Å². The van der Waals surface area contributed by atoms with E-state index in [4.69, 9.17) is 11.5 Å². The Bertz CT molecular complexity index is 135. The van der Waals surface area contributed by atoms with Crippen LogP contribution in [0, 0.1) is 0 Å². The highest BCUT2D eigenvalue weighted by Gasteiger charge is 1.97. The summed E-state index contributed by atoms with van der Waals surface area (Å²) in [7, 11) is 0. The normalized spacial score (nSPS) is 27.6. The first-order valence-corrected chi connectivity index (χ1v) is 2.67. The molecule has 0 aromatic heterocycles. The lowest BCUT2D eigenvalue weighted by Crippen LogP contribution is -2.18. The molecule has 0 radical (unpaired) electrons. The highest BCUT2D eigenvalue weighted by atomic mass is 14.6. The summed E-state index contributed by atoms with van der Waals surface area (Å²) in [5.41, 5.74) is 11.8. The minimum absolute atomic E-state index is 0.0451. The molecule has 0 amide bonds. The number of allylic oxidation sites excluding steroid dienone is 1. The lowest BCUT2D eigenvalue weighted by Gasteiger charge is -2.06. The van der Waals surface area contributed by atoms with E-state index in [-0.39, 0.29) is 6.04 Å². The van der Waals surface area contributed by atoms with Crippen molar-refractivity contribution in [1.29, 1.82) is 0 Å². The lowest BCUT2D eigenvalue weighted by atomic mass is 10.1. The Morgan fingerprint density at radius 3 is 2.75 bits per heavy atom. The van der Waals surface area contributed by atoms with Crippen molar-refractivity contribution < 1.29 is 0 Å². The van der Waals surface area contributed by atoms with Gasteiger partial charge in [-0.15, -0.1) is 0 Å². The molecular weight excluding hydrogens is 100 g/mol. The summed E-state index contributed by atoms with van der Waals surface area (Å²) in [6, 6.07) is 0.0451. The van der Waals surface area contributed by atoms with Gasteiger partial charge in [0.25, 0.3) is 0 Å². The van der Waals surface area contributed by atoms with Gasteiger partial charge in [0, 0.05) is 18.2 Å². The molecule has 1 aliphatic carbocycles. The first kappa shape index (κ1) is 5.38. The van der Waals surface area contributed by atoms with Gasteiger partial charge in [-0.1, -0.05) is 12.2 Å². The van der Waals surface area contributed by atoms with Crippen LogP contribution in [0.1, 0.15) is 6.42 Å². The number of rotatable bonds is 0. The van der Waals surface area contributed by atoms with Crippen molar-refractivity contribution in [2.24, 2.45) is 11.5 Å². The van der Waals surface area contributed by atoms with Crippen molar-refractivity contribution >= 4 is 0 Å². The van der Waals surface area contributed by atoms with Crippen LogP contribution in [0.15, 0.2) is 23.9 Å². The van der Waals surface area contributed by atoms with E-state index in [1.807, 2.05) is 18.2 Å². The van der Waals surface area contributed by atoms with Crippen molar-refractivity contribution in [2.75, 3.05) is 0 Å². The van der Waals surface area contributed by atoms with Crippen LogP contribution in [0.5, 0.6) is 0 Å². The number of hydrogen-bond acceptors (Lipinski definition) is 2. The third-order valence-electron chi connectivity index (χ3n) is 1.12. The quantitative estimate of drug-likeness (QED) is 0.435. The average Bonchev–Trinajstić information content (AvgIpc) is 1.64. The molecule has 0 aliphatic heterocycles. The van der Waals surface area contributed by atoms with Gasteiger partial charge in [-0.05, 0) is 6.08 Å². The van der Waals surface area contributed by atoms with E-state index in [1.165, 1.54) is 0 Å². The van der Waals surface area contributed by atoms with Gasteiger partial charge in [0.2, 0.25) is 0 Å². The van der Waals surface area contributed by atoms with Crippen LogP contribution in [0.25, 0.3) is 0 Å². The fourth-order valence-corrected chi connectivity index (χ4v) is 0.732. The molecule has 4 N–H and O–H groups in total. The zero-order valence-corrected chi connectivity index (χ0v) is 4.67. The minimum Gasteiger partial charge on any atom is -0.402 e. The Morgan fingerprint density at radius 2 is 2.38 bits per heavy atom. The third-order valence-corrected chi connectivity index (χ3v) is 1.12. The molecule has 0 saturated heterocycles. The maximum absolute atomic E-state index is 5.48. The predicted octanol–water partition coefficient (Wildman–Crippen LogP) is 0.116. The summed E-state index contributed by atoms with van der Waals surface area (Å²) in [4.78, 5) is 0. The smallest absolute Gasteiger partial charge is 0.0430 e. The van der Waals surface area contributed by atoms with Gasteiger partial charge >= 0.3 is 0 Å². The molecule has 0 fully saturated rings. The molecule has 0 aromatic carbocycles. The zero-order valence-electron chi connectivity index (χ0n) is 4.67. The van der Waals surface area contributed by atoms with Crippen LogP contribution < -0.4 is 11.5 Å². The molecule has 8 heavy (non-hydrogen) atoms. The van der Waals surface area contributed by atoms with E-state index in [9.17, 15) is 0 Å². The van der Waals surface area contributed by atoms with Crippen LogP contribution in [-0.2, 0) is 0 Å². The summed E-state index contributed by atoms with van der Waals surface area (Å²) in [6.45, 7) is 0. The van der Waals surface area contributed by atoms with E-state index in [1.54, 1.807) is 0 Å². The minimum atomic E-state index is 0.0451. The van der Waals surface area contributed by atoms with Crippen molar-refractivity contribution in [3.05, 3.63) is 23.9 Å². The summed E-state index contributed by atoms with van der Waals surface area (Å²) in [5, 5.41) is 0. The van der Waals surface area contributed by atoms with Crippen LogP contribution >= 0.6 is 0 Å². The van der Waals surface area contributed by atoms with Crippen LogP contribution in [-0.4, -0.2) is 6.04 Å². The maximum Gasteiger partial charge on any atom is 0.0430 e. The van der Waals surface area contributed by atoms with Crippen LogP contribution in [0.2, 0.25) is 0 Å². The van der Waals surface area contributed by atoms with Crippen molar-refractivity contribution in [3.8, 4) is 0 Å². The van der Waals surface area contributed by atoms with E-state index in [0.29, 0.717) is 0 Å². The van der Waals surface area contributed by atoms with Gasteiger partial charge in [-0.25, -0.2) is 0 Å². The first-order valence-electron chi connectivity index (χ1n) is 2.67. The third kappa shape index (κ3) is 1.10. The van der Waals surface area contributed by atoms with Gasteiger partial charge in [-0.3, -0.25) is 0 Å². The molecule has 1 unspecified atom stereocenters. The van der Waals surface area contributed by atoms with Crippen molar-refractivity contribution in [3.63, 3.8) is 0 Å². The molecule has 44 valence electrons. The van der Waals surface area contributed by atoms with Crippen LogP contribution in [0.4, 0.5) is 0 Å². The van der Waals surface area contributed by atoms with E-state index in [0.717, 1.165) is 12.1 Å². The monoisotopic (exact) mass is 110 g/mol. The van der Waals surface area contributed by atoms with Gasteiger partial charge in [0.05, 0.1) is 0 Å². The molecule has 0 heterocycles. The standard InChI is InChI=1S/C6H10N2/c7-5-2-1-3-6(8)4-5/h1-2,4-5H,3,7-8H2. The van der Waals surface area contributed by atoms with Gasteiger partial charge in [0.1, 0.15) is 0 Å². The zero-order chi connectivity index (χ0) is 5.98. The molecular formula is C6H10N2. The molecule has 1 aliphatic rings. The molecule has 0 spiro atoms. The summed E-state index contributed by atoms with van der Waals surface area (Å²) >= 11 is 0. The van der Waals surface area contributed by atoms with Gasteiger partial charge in [-0.2, -0.15) is 0 Å². The Morgan fingerprint density at radius 1 is 1.62 bits per heavy atom. The summed E-state index contributed by atoms with van der Waals surface area (Å²) in [6.07, 6.45) is 6.64. The van der Waals surface area contributed by atoms with Crippen LogP contribution in [0.3, 0.4) is 0 Å². The highest BCUT2D eigenvalue weighted by Crippen LogP contribution is 2.02.